The van der Waals surface area contributed by atoms with Crippen molar-refractivity contribution in [2.75, 3.05) is 18.5 Å². The van der Waals surface area contributed by atoms with Gasteiger partial charge < -0.3 is 10.1 Å². The molecule has 2 rings (SSSR count). The highest BCUT2D eigenvalue weighted by atomic mass is 35.5. The van der Waals surface area contributed by atoms with Crippen LogP contribution in [0.4, 0.5) is 10.1 Å². The van der Waals surface area contributed by atoms with Crippen molar-refractivity contribution < 1.29 is 22.3 Å². The molecule has 6 nitrogen and oxygen atoms in total. The van der Waals surface area contributed by atoms with E-state index >= 15 is 0 Å². The van der Waals surface area contributed by atoms with Crippen molar-refractivity contribution in [3.8, 4) is 5.75 Å². The standard InChI is InChI=1S/C18H20ClFN2O4S/c1-3-8-21-27(24,25)14-5-7-17(12(2)9-14)26-11-18(23)22-13-4-6-16(20)15(19)10-13/h4-7,9-10,21H,3,8,11H2,1-2H3,(H,22,23). The van der Waals surface area contributed by atoms with Crippen LogP contribution >= 0.6 is 11.6 Å². The van der Waals surface area contributed by atoms with Crippen LogP contribution in [-0.4, -0.2) is 27.5 Å². The average molecular weight is 415 g/mol. The average Bonchev–Trinajstić information content (AvgIpc) is 2.62. The lowest BCUT2D eigenvalue weighted by molar-refractivity contribution is -0.118. The topological polar surface area (TPSA) is 84.5 Å². The molecule has 2 N–H and O–H groups in total. The number of nitrogens with one attached hydrogen (secondary N) is 2. The third-order valence-electron chi connectivity index (χ3n) is 3.56. The van der Waals surface area contributed by atoms with Gasteiger partial charge in [-0.1, -0.05) is 18.5 Å². The van der Waals surface area contributed by atoms with Crippen molar-refractivity contribution in [2.24, 2.45) is 0 Å². The normalized spacial score (nSPS) is 11.3. The van der Waals surface area contributed by atoms with Crippen LogP contribution in [0.3, 0.4) is 0 Å². The smallest absolute Gasteiger partial charge is 0.262 e. The third-order valence-corrected chi connectivity index (χ3v) is 5.31. The van der Waals surface area contributed by atoms with Gasteiger partial charge in [-0.05, 0) is 55.3 Å². The maximum absolute atomic E-state index is 13.1. The minimum absolute atomic E-state index is 0.0990. The Labute approximate surface area is 162 Å². The van der Waals surface area contributed by atoms with Gasteiger partial charge in [-0.2, -0.15) is 0 Å². The van der Waals surface area contributed by atoms with E-state index in [0.29, 0.717) is 30.0 Å². The second-order valence-corrected chi connectivity index (χ2v) is 7.96. The van der Waals surface area contributed by atoms with Gasteiger partial charge in [0, 0.05) is 12.2 Å². The highest BCUT2D eigenvalue weighted by Gasteiger charge is 2.15. The van der Waals surface area contributed by atoms with Crippen molar-refractivity contribution in [1.29, 1.82) is 0 Å². The molecular formula is C18H20ClFN2O4S. The molecule has 0 heterocycles. The van der Waals surface area contributed by atoms with Gasteiger partial charge in [-0.25, -0.2) is 17.5 Å². The predicted octanol–water partition coefficient (Wildman–Crippen LogP) is 3.49. The highest BCUT2D eigenvalue weighted by Crippen LogP contribution is 2.22. The van der Waals surface area contributed by atoms with Crippen LogP contribution in [-0.2, 0) is 14.8 Å². The van der Waals surface area contributed by atoms with E-state index in [1.807, 2.05) is 6.92 Å². The van der Waals surface area contributed by atoms with E-state index in [1.54, 1.807) is 6.92 Å². The minimum Gasteiger partial charge on any atom is -0.483 e. The lowest BCUT2D eigenvalue weighted by atomic mass is 10.2. The Hall–Kier alpha value is -2.16. The van der Waals surface area contributed by atoms with E-state index in [0.717, 1.165) is 6.07 Å². The summed E-state index contributed by atoms with van der Waals surface area (Å²) in [4.78, 5) is 12.1. The highest BCUT2D eigenvalue weighted by molar-refractivity contribution is 7.89. The molecule has 0 aliphatic heterocycles. The molecule has 0 atom stereocenters. The van der Waals surface area contributed by atoms with Crippen LogP contribution in [0.15, 0.2) is 41.3 Å². The second kappa shape index (κ2) is 9.16. The van der Waals surface area contributed by atoms with Gasteiger partial charge >= 0.3 is 0 Å². The van der Waals surface area contributed by atoms with Crippen molar-refractivity contribution in [3.63, 3.8) is 0 Å². The number of sulfonamides is 1. The van der Waals surface area contributed by atoms with Gasteiger partial charge in [0.2, 0.25) is 10.0 Å². The Balaban J connectivity index is 1.99. The summed E-state index contributed by atoms with van der Waals surface area (Å²) in [6, 6.07) is 8.21. The number of benzene rings is 2. The summed E-state index contributed by atoms with van der Waals surface area (Å²) in [5.41, 5.74) is 0.919. The van der Waals surface area contributed by atoms with E-state index in [2.05, 4.69) is 10.0 Å². The SMILES string of the molecule is CCCNS(=O)(=O)c1ccc(OCC(=O)Nc2ccc(F)c(Cl)c2)c(C)c1. The number of carbonyl (C=O) groups excluding carboxylic acids is 1. The van der Waals surface area contributed by atoms with Crippen molar-refractivity contribution in [3.05, 3.63) is 52.8 Å². The first-order valence-corrected chi connectivity index (χ1v) is 10.1. The molecule has 27 heavy (non-hydrogen) atoms. The quantitative estimate of drug-likeness (QED) is 0.692. The molecule has 146 valence electrons. The van der Waals surface area contributed by atoms with Gasteiger partial charge in [0.1, 0.15) is 11.6 Å². The van der Waals surface area contributed by atoms with E-state index in [1.165, 1.54) is 30.3 Å². The fourth-order valence-electron chi connectivity index (χ4n) is 2.19. The maximum Gasteiger partial charge on any atom is 0.262 e. The largest absolute Gasteiger partial charge is 0.483 e. The summed E-state index contributed by atoms with van der Waals surface area (Å²) < 4.78 is 45.3. The Morgan fingerprint density at radius 1 is 1.22 bits per heavy atom. The maximum atomic E-state index is 13.1. The summed E-state index contributed by atoms with van der Waals surface area (Å²) in [7, 11) is -3.57. The molecular weight excluding hydrogens is 395 g/mol. The molecule has 2 aromatic rings. The van der Waals surface area contributed by atoms with E-state index < -0.39 is 21.7 Å². The Bertz CT molecular complexity index is 935. The lowest BCUT2D eigenvalue weighted by Crippen LogP contribution is -2.24. The molecule has 0 unspecified atom stereocenters. The molecule has 0 aliphatic carbocycles. The van der Waals surface area contributed by atoms with Crippen LogP contribution in [0.5, 0.6) is 5.75 Å². The molecule has 0 bridgehead atoms. The first-order chi connectivity index (χ1) is 12.7. The number of carbonyl (C=O) groups is 1. The van der Waals surface area contributed by atoms with Crippen LogP contribution < -0.4 is 14.8 Å². The second-order valence-electron chi connectivity index (χ2n) is 5.79. The number of halogens is 2. The first kappa shape index (κ1) is 21.1. The molecule has 0 radical (unpaired) electrons. The minimum atomic E-state index is -3.57. The summed E-state index contributed by atoms with van der Waals surface area (Å²) >= 11 is 5.66. The molecule has 0 saturated carbocycles. The zero-order valence-corrected chi connectivity index (χ0v) is 16.5. The van der Waals surface area contributed by atoms with Crippen LogP contribution in [0.2, 0.25) is 5.02 Å². The zero-order chi connectivity index (χ0) is 20.0. The van der Waals surface area contributed by atoms with Gasteiger partial charge in [0.15, 0.2) is 6.61 Å². The number of hydrogen-bond acceptors (Lipinski definition) is 4. The predicted molar refractivity (Wildman–Crippen MR) is 102 cm³/mol. The van der Waals surface area contributed by atoms with Crippen molar-refractivity contribution >= 4 is 33.2 Å². The first-order valence-electron chi connectivity index (χ1n) is 8.21. The Kier molecular flexibility index (Phi) is 7.18. The summed E-state index contributed by atoms with van der Waals surface area (Å²) in [6.45, 7) is 3.62. The van der Waals surface area contributed by atoms with E-state index in [-0.39, 0.29) is 16.5 Å². The van der Waals surface area contributed by atoms with E-state index in [4.69, 9.17) is 16.3 Å². The number of amides is 1. The Morgan fingerprint density at radius 2 is 1.96 bits per heavy atom. The Morgan fingerprint density at radius 3 is 2.59 bits per heavy atom. The molecule has 0 saturated heterocycles. The molecule has 1 amide bonds. The molecule has 9 heteroatoms. The zero-order valence-electron chi connectivity index (χ0n) is 14.9. The van der Waals surface area contributed by atoms with Gasteiger partial charge in [0.25, 0.3) is 5.91 Å². The van der Waals surface area contributed by atoms with Crippen LogP contribution in [0.1, 0.15) is 18.9 Å². The monoisotopic (exact) mass is 414 g/mol. The summed E-state index contributed by atoms with van der Waals surface area (Å²) in [5, 5.41) is 2.44. The van der Waals surface area contributed by atoms with E-state index in [9.17, 15) is 17.6 Å². The number of anilines is 1. The number of rotatable bonds is 8. The lowest BCUT2D eigenvalue weighted by Gasteiger charge is -2.12. The van der Waals surface area contributed by atoms with Crippen LogP contribution in [0, 0.1) is 12.7 Å². The third kappa shape index (κ3) is 5.92. The van der Waals surface area contributed by atoms with Gasteiger partial charge in [-0.3, -0.25) is 4.79 Å². The van der Waals surface area contributed by atoms with Crippen molar-refractivity contribution in [1.82, 2.24) is 4.72 Å². The number of aryl methyl sites for hydroxylation is 1. The molecule has 2 aromatic carbocycles. The fraction of sp³-hybridized carbons (Fsp3) is 0.278. The summed E-state index contributed by atoms with van der Waals surface area (Å²) in [6.07, 6.45) is 0.688. The number of hydrogen-bond donors (Lipinski definition) is 2. The van der Waals surface area contributed by atoms with Crippen molar-refractivity contribution in [2.45, 2.75) is 25.2 Å². The van der Waals surface area contributed by atoms with Gasteiger partial charge in [-0.15, -0.1) is 0 Å². The van der Waals surface area contributed by atoms with Crippen LogP contribution in [0.25, 0.3) is 0 Å². The molecule has 0 aliphatic rings. The van der Waals surface area contributed by atoms with Gasteiger partial charge in [0.05, 0.1) is 9.92 Å². The molecule has 0 spiro atoms. The molecule has 0 fully saturated rings. The number of ether oxygens (including phenoxy) is 1. The summed E-state index contributed by atoms with van der Waals surface area (Å²) in [5.74, 6) is -0.653. The fourth-order valence-corrected chi connectivity index (χ4v) is 3.58. The molecule has 0 aromatic heterocycles.